The van der Waals surface area contributed by atoms with Crippen molar-refractivity contribution in [2.45, 2.75) is 38.8 Å². The van der Waals surface area contributed by atoms with E-state index < -0.39 is 20.3 Å². The highest BCUT2D eigenvalue weighted by Gasteiger charge is 2.37. The van der Waals surface area contributed by atoms with Gasteiger partial charge in [0, 0.05) is 6.20 Å². The third-order valence-corrected chi connectivity index (χ3v) is 2.93. The predicted molar refractivity (Wildman–Crippen MR) is 63.2 cm³/mol. The normalized spacial score (nSPS) is 14.1. The van der Waals surface area contributed by atoms with Crippen molar-refractivity contribution in [3.63, 3.8) is 0 Å². The van der Waals surface area contributed by atoms with Crippen LogP contribution < -0.4 is 0 Å². The molecule has 1 heterocycles. The lowest BCUT2D eigenvalue weighted by Crippen LogP contribution is -2.23. The molecular formula is C11H15F3N2Si. The molecule has 0 radical (unpaired) electrons. The molecule has 0 bridgehead atoms. The molecular weight excluding hydrogens is 245 g/mol. The van der Waals surface area contributed by atoms with Crippen LogP contribution in [0, 0.1) is 11.5 Å². The second kappa shape index (κ2) is 4.57. The van der Waals surface area contributed by atoms with Gasteiger partial charge in [-0.1, -0.05) is 25.6 Å². The molecule has 0 saturated carbocycles. The molecule has 2 nitrogen and oxygen atoms in total. The maximum Gasteiger partial charge on any atom is 0.410 e. The Balaban J connectivity index is 2.89. The summed E-state index contributed by atoms with van der Waals surface area (Å²) in [6.07, 6.45) is -1.57. The summed E-state index contributed by atoms with van der Waals surface area (Å²) in [7, 11) is -1.51. The van der Waals surface area contributed by atoms with Crippen molar-refractivity contribution in [3.8, 4) is 11.5 Å². The van der Waals surface area contributed by atoms with E-state index in [1.807, 2.05) is 0 Å². The van der Waals surface area contributed by atoms with E-state index in [4.69, 9.17) is 0 Å². The van der Waals surface area contributed by atoms with Gasteiger partial charge in [-0.3, -0.25) is 4.68 Å². The van der Waals surface area contributed by atoms with Gasteiger partial charge in [-0.05, 0) is 6.92 Å². The monoisotopic (exact) mass is 260 g/mol. The second-order valence-electron chi connectivity index (χ2n) is 4.93. The zero-order chi connectivity index (χ0) is 13.3. The molecule has 0 spiro atoms. The highest BCUT2D eigenvalue weighted by molar-refractivity contribution is 6.83. The van der Waals surface area contributed by atoms with Gasteiger partial charge in [0.2, 0.25) is 0 Å². The molecule has 1 atom stereocenters. The summed E-state index contributed by atoms with van der Waals surface area (Å²) in [6.45, 7) is 7.29. The summed E-state index contributed by atoms with van der Waals surface area (Å²) in [5, 5.41) is 3.69. The highest BCUT2D eigenvalue weighted by Crippen LogP contribution is 2.29. The largest absolute Gasteiger partial charge is 0.410 e. The molecule has 17 heavy (non-hydrogen) atoms. The molecule has 0 aliphatic rings. The van der Waals surface area contributed by atoms with Crippen molar-refractivity contribution in [1.29, 1.82) is 0 Å². The first-order chi connectivity index (χ1) is 7.59. The van der Waals surface area contributed by atoms with Crippen molar-refractivity contribution in [3.05, 3.63) is 18.0 Å². The molecule has 6 heteroatoms. The van der Waals surface area contributed by atoms with Crippen LogP contribution in [0.15, 0.2) is 12.4 Å². The summed E-state index contributed by atoms with van der Waals surface area (Å²) < 4.78 is 38.2. The van der Waals surface area contributed by atoms with Gasteiger partial charge >= 0.3 is 6.18 Å². The Morgan fingerprint density at radius 2 is 1.94 bits per heavy atom. The summed E-state index contributed by atoms with van der Waals surface area (Å²) in [4.78, 5) is 0. The molecule has 0 aliphatic heterocycles. The van der Waals surface area contributed by atoms with Crippen molar-refractivity contribution in [2.75, 3.05) is 0 Å². The van der Waals surface area contributed by atoms with E-state index in [1.165, 1.54) is 12.4 Å². The summed E-state index contributed by atoms with van der Waals surface area (Å²) in [6, 6.07) is -1.62. The third-order valence-electron chi connectivity index (χ3n) is 2.05. The Bertz CT molecular complexity index is 446. The van der Waals surface area contributed by atoms with Crippen molar-refractivity contribution < 1.29 is 13.2 Å². The van der Waals surface area contributed by atoms with Crippen LogP contribution in [0.2, 0.25) is 19.6 Å². The second-order valence-corrected chi connectivity index (χ2v) is 9.68. The number of nitrogens with zero attached hydrogens (tertiary/aromatic N) is 2. The smallest absolute Gasteiger partial charge is 0.260 e. The first-order valence-electron chi connectivity index (χ1n) is 5.23. The van der Waals surface area contributed by atoms with Gasteiger partial charge in [-0.2, -0.15) is 18.3 Å². The van der Waals surface area contributed by atoms with Crippen LogP contribution >= 0.6 is 0 Å². The maximum absolute atomic E-state index is 12.4. The van der Waals surface area contributed by atoms with E-state index in [9.17, 15) is 13.2 Å². The predicted octanol–water partition coefficient (Wildman–Crippen LogP) is 3.24. The first kappa shape index (κ1) is 13.8. The summed E-state index contributed by atoms with van der Waals surface area (Å²) in [5.74, 6) is 2.87. The molecule has 0 aromatic carbocycles. The zero-order valence-electron chi connectivity index (χ0n) is 10.3. The molecule has 0 N–H and O–H groups in total. The lowest BCUT2D eigenvalue weighted by Gasteiger charge is -2.15. The van der Waals surface area contributed by atoms with E-state index in [-0.39, 0.29) is 0 Å². The van der Waals surface area contributed by atoms with Crippen LogP contribution in [0.3, 0.4) is 0 Å². The van der Waals surface area contributed by atoms with Crippen molar-refractivity contribution >= 4 is 8.07 Å². The fourth-order valence-electron chi connectivity index (χ4n) is 1.02. The van der Waals surface area contributed by atoms with Gasteiger partial charge in [0.25, 0.3) is 0 Å². The summed E-state index contributed by atoms with van der Waals surface area (Å²) in [5.41, 5.74) is 3.61. The number of rotatable bonds is 1. The molecule has 0 fully saturated rings. The van der Waals surface area contributed by atoms with Crippen LogP contribution in [0.4, 0.5) is 13.2 Å². The van der Waals surface area contributed by atoms with E-state index in [0.29, 0.717) is 5.56 Å². The van der Waals surface area contributed by atoms with Crippen LogP contribution in [0.5, 0.6) is 0 Å². The van der Waals surface area contributed by atoms with E-state index in [2.05, 4.69) is 36.2 Å². The minimum absolute atomic E-state index is 0.531. The number of aromatic nitrogens is 2. The van der Waals surface area contributed by atoms with Crippen molar-refractivity contribution in [1.82, 2.24) is 9.78 Å². The van der Waals surface area contributed by atoms with E-state index in [1.54, 1.807) is 0 Å². The molecule has 1 aromatic heterocycles. The van der Waals surface area contributed by atoms with E-state index >= 15 is 0 Å². The van der Waals surface area contributed by atoms with Crippen LogP contribution in [0.25, 0.3) is 0 Å². The topological polar surface area (TPSA) is 17.8 Å². The first-order valence-corrected chi connectivity index (χ1v) is 8.73. The number of hydrogen-bond acceptors (Lipinski definition) is 1. The fourth-order valence-corrected chi connectivity index (χ4v) is 1.54. The molecule has 1 unspecified atom stereocenters. The van der Waals surface area contributed by atoms with Gasteiger partial charge in [0.1, 0.15) is 14.1 Å². The number of hydrogen-bond donors (Lipinski definition) is 0. The highest BCUT2D eigenvalue weighted by atomic mass is 28.3. The Morgan fingerprint density at radius 3 is 2.41 bits per heavy atom. The van der Waals surface area contributed by atoms with Crippen molar-refractivity contribution in [2.24, 2.45) is 0 Å². The zero-order valence-corrected chi connectivity index (χ0v) is 11.3. The Hall–Kier alpha value is -1.22. The van der Waals surface area contributed by atoms with Gasteiger partial charge in [-0.25, -0.2) is 0 Å². The molecule has 1 aromatic rings. The molecule has 0 saturated heterocycles. The lowest BCUT2D eigenvalue weighted by atomic mass is 10.3. The van der Waals surface area contributed by atoms with Crippen LogP contribution in [0.1, 0.15) is 18.5 Å². The van der Waals surface area contributed by atoms with Gasteiger partial charge < -0.3 is 0 Å². The Morgan fingerprint density at radius 1 is 1.35 bits per heavy atom. The van der Waals surface area contributed by atoms with Gasteiger partial charge in [-0.15, -0.1) is 5.54 Å². The average molecular weight is 260 g/mol. The Kier molecular flexibility index (Phi) is 3.72. The van der Waals surface area contributed by atoms with Gasteiger partial charge in [0.05, 0.1) is 11.8 Å². The lowest BCUT2D eigenvalue weighted by molar-refractivity contribution is -0.165. The standard InChI is InChI=1S/C11H15F3N2Si/c1-9(11(12,13)14)16-8-10(7-15-16)5-6-17(2,3)4/h7-9H,1-4H3. The van der Waals surface area contributed by atoms with E-state index in [0.717, 1.165) is 11.6 Å². The average Bonchev–Trinajstić information content (AvgIpc) is 2.59. The Labute approximate surface area is 99.8 Å². The quantitative estimate of drug-likeness (QED) is 0.560. The van der Waals surface area contributed by atoms with Gasteiger partial charge in [0.15, 0.2) is 0 Å². The minimum Gasteiger partial charge on any atom is -0.260 e. The molecule has 0 aliphatic carbocycles. The minimum atomic E-state index is -4.28. The van der Waals surface area contributed by atoms with Crippen LogP contribution in [-0.2, 0) is 0 Å². The summed E-state index contributed by atoms with van der Waals surface area (Å²) >= 11 is 0. The van der Waals surface area contributed by atoms with Crippen LogP contribution in [-0.4, -0.2) is 24.0 Å². The molecule has 94 valence electrons. The fraction of sp³-hybridized carbons (Fsp3) is 0.545. The SMILES string of the molecule is CC(n1cc(C#C[Si](C)(C)C)cn1)C(F)(F)F. The molecule has 0 amide bonds. The number of halogens is 3. The number of alkyl halides is 3. The maximum atomic E-state index is 12.4. The molecule has 1 rings (SSSR count). The third kappa shape index (κ3) is 4.27.